The van der Waals surface area contributed by atoms with Crippen LogP contribution in [0, 0.1) is 16.7 Å². The molecule has 1 N–H and O–H groups in total. The van der Waals surface area contributed by atoms with Gasteiger partial charge in [-0.1, -0.05) is 52.8 Å². The zero-order chi connectivity index (χ0) is 16.4. The highest BCUT2D eigenvalue weighted by Gasteiger charge is 2.54. The highest BCUT2D eigenvalue weighted by molar-refractivity contribution is 5.70. The van der Waals surface area contributed by atoms with Crippen LogP contribution in [-0.4, -0.2) is 18.6 Å². The topological polar surface area (TPSA) is 38.3 Å². The maximum Gasteiger partial charge on any atom is 0.307 e. The fourth-order valence-corrected chi connectivity index (χ4v) is 3.24. The van der Waals surface area contributed by atoms with Crippen molar-refractivity contribution < 1.29 is 9.53 Å². The summed E-state index contributed by atoms with van der Waals surface area (Å²) in [5.41, 5.74) is 1.22. The van der Waals surface area contributed by atoms with Crippen molar-refractivity contribution >= 4 is 11.7 Å². The molecule has 2 unspecified atom stereocenters. The van der Waals surface area contributed by atoms with E-state index in [0.29, 0.717) is 18.9 Å². The molecule has 1 saturated carbocycles. The number of rotatable bonds is 5. The molecule has 1 aromatic rings. The summed E-state index contributed by atoms with van der Waals surface area (Å²) in [5.74, 6) is 0.453. The number of esters is 1. The van der Waals surface area contributed by atoms with E-state index in [-0.39, 0.29) is 22.9 Å². The molecular weight excluding hydrogens is 274 g/mol. The number of nitrogens with one attached hydrogen (secondary N) is 1. The molecule has 3 nitrogen and oxygen atoms in total. The molecule has 0 saturated heterocycles. The lowest BCUT2D eigenvalue weighted by Gasteiger charge is -2.40. The van der Waals surface area contributed by atoms with Gasteiger partial charge in [-0.3, -0.25) is 4.79 Å². The van der Waals surface area contributed by atoms with Crippen LogP contribution in [-0.2, 0) is 9.53 Å². The Labute approximate surface area is 134 Å². The number of carbonyl (C=O) groups is 1. The van der Waals surface area contributed by atoms with Gasteiger partial charge in [0.2, 0.25) is 0 Å². The minimum atomic E-state index is -0.105. The molecule has 0 amide bonds. The van der Waals surface area contributed by atoms with Gasteiger partial charge in [0.1, 0.15) is 6.10 Å². The van der Waals surface area contributed by atoms with E-state index in [9.17, 15) is 4.79 Å². The largest absolute Gasteiger partial charge is 0.462 e. The van der Waals surface area contributed by atoms with E-state index in [1.54, 1.807) is 0 Å². The second-order valence-corrected chi connectivity index (χ2v) is 7.60. The van der Waals surface area contributed by atoms with Crippen molar-refractivity contribution in [3.8, 4) is 0 Å². The average molecular weight is 303 g/mol. The minimum Gasteiger partial charge on any atom is -0.462 e. The Morgan fingerprint density at radius 1 is 1.18 bits per heavy atom. The van der Waals surface area contributed by atoms with E-state index >= 15 is 0 Å². The zero-order valence-electron chi connectivity index (χ0n) is 14.5. The predicted molar refractivity (Wildman–Crippen MR) is 90.8 cm³/mol. The average Bonchev–Trinajstić information content (AvgIpc) is 2.60. The van der Waals surface area contributed by atoms with Crippen LogP contribution in [0.1, 0.15) is 47.5 Å². The Hall–Kier alpha value is -1.51. The van der Waals surface area contributed by atoms with E-state index in [1.807, 2.05) is 30.3 Å². The van der Waals surface area contributed by atoms with Crippen molar-refractivity contribution in [2.75, 3.05) is 11.9 Å². The number of anilines is 1. The molecule has 1 aliphatic carbocycles. The van der Waals surface area contributed by atoms with Gasteiger partial charge >= 0.3 is 5.97 Å². The molecule has 1 fully saturated rings. The second kappa shape index (κ2) is 6.31. The first kappa shape index (κ1) is 16.9. The lowest BCUT2D eigenvalue weighted by molar-refractivity contribution is -0.155. The summed E-state index contributed by atoms with van der Waals surface area (Å²) in [6.07, 6.45) is 1.37. The van der Waals surface area contributed by atoms with Crippen LogP contribution in [0.5, 0.6) is 0 Å². The van der Waals surface area contributed by atoms with Crippen molar-refractivity contribution in [1.29, 1.82) is 0 Å². The summed E-state index contributed by atoms with van der Waals surface area (Å²) in [7, 11) is 0. The molecule has 0 aromatic heterocycles. The van der Waals surface area contributed by atoms with E-state index in [4.69, 9.17) is 4.74 Å². The number of carbonyl (C=O) groups excluding carboxylic acids is 1. The van der Waals surface area contributed by atoms with Gasteiger partial charge in [-0.05, 0) is 29.9 Å². The Bertz CT molecular complexity index is 507. The molecule has 2 atom stereocenters. The Balaban J connectivity index is 1.83. The Morgan fingerprint density at radius 2 is 1.82 bits per heavy atom. The summed E-state index contributed by atoms with van der Waals surface area (Å²) in [6.45, 7) is 11.9. The number of hydrogen-bond donors (Lipinski definition) is 1. The molecule has 0 spiro atoms. The van der Waals surface area contributed by atoms with Crippen LogP contribution in [0.15, 0.2) is 30.3 Å². The molecule has 2 rings (SSSR count). The maximum absolute atomic E-state index is 12.1. The van der Waals surface area contributed by atoms with Crippen molar-refractivity contribution in [2.24, 2.45) is 16.7 Å². The number of para-hydroxylation sites is 1. The minimum absolute atomic E-state index is 0.00886. The fraction of sp³-hybridized carbons (Fsp3) is 0.632. The Morgan fingerprint density at radius 3 is 2.36 bits per heavy atom. The van der Waals surface area contributed by atoms with Gasteiger partial charge in [-0.2, -0.15) is 0 Å². The van der Waals surface area contributed by atoms with Gasteiger partial charge in [-0.25, -0.2) is 0 Å². The molecule has 3 heteroatoms. The Kier molecular flexibility index (Phi) is 4.84. The van der Waals surface area contributed by atoms with Gasteiger partial charge in [0.05, 0.1) is 6.42 Å². The lowest BCUT2D eigenvalue weighted by Crippen LogP contribution is -2.38. The van der Waals surface area contributed by atoms with E-state index < -0.39 is 0 Å². The molecule has 0 bridgehead atoms. The first-order valence-electron chi connectivity index (χ1n) is 8.23. The van der Waals surface area contributed by atoms with Crippen LogP contribution in [0.25, 0.3) is 0 Å². The summed E-state index contributed by atoms with van der Waals surface area (Å²) < 4.78 is 5.79. The van der Waals surface area contributed by atoms with Gasteiger partial charge in [0.25, 0.3) is 0 Å². The van der Waals surface area contributed by atoms with Gasteiger partial charge in [-0.15, -0.1) is 0 Å². The van der Waals surface area contributed by atoms with E-state index in [2.05, 4.69) is 39.9 Å². The lowest BCUT2D eigenvalue weighted by atomic mass is 9.67. The molecule has 0 heterocycles. The van der Waals surface area contributed by atoms with Gasteiger partial charge in [0.15, 0.2) is 0 Å². The standard InChI is InChI=1S/C19H29NO2/c1-14-13-16(19(4,5)18(14,2)3)22-17(21)11-12-20-15-9-7-6-8-10-15/h6-10,14,16,20H,11-13H2,1-5H3. The summed E-state index contributed by atoms with van der Waals surface area (Å²) in [4.78, 5) is 12.1. The molecule has 1 aromatic carbocycles. The van der Waals surface area contributed by atoms with Crippen LogP contribution < -0.4 is 5.32 Å². The SMILES string of the molecule is CC1CC(OC(=O)CCNc2ccccc2)C(C)(C)C1(C)C. The van der Waals surface area contributed by atoms with Crippen LogP contribution in [0.2, 0.25) is 0 Å². The van der Waals surface area contributed by atoms with Crippen LogP contribution >= 0.6 is 0 Å². The summed E-state index contributed by atoms with van der Waals surface area (Å²) in [5, 5.41) is 3.25. The predicted octanol–water partition coefficient (Wildman–Crippen LogP) is 4.49. The zero-order valence-corrected chi connectivity index (χ0v) is 14.5. The van der Waals surface area contributed by atoms with Crippen molar-refractivity contribution in [3.05, 3.63) is 30.3 Å². The molecule has 0 aliphatic heterocycles. The van der Waals surface area contributed by atoms with Crippen molar-refractivity contribution in [3.63, 3.8) is 0 Å². The first-order chi connectivity index (χ1) is 10.2. The molecule has 1 aliphatic rings. The second-order valence-electron chi connectivity index (χ2n) is 7.60. The number of ether oxygens (including phenoxy) is 1. The van der Waals surface area contributed by atoms with Crippen molar-refractivity contribution in [1.82, 2.24) is 0 Å². The highest BCUT2D eigenvalue weighted by Crippen LogP contribution is 2.56. The van der Waals surface area contributed by atoms with E-state index in [1.165, 1.54) is 0 Å². The highest BCUT2D eigenvalue weighted by atomic mass is 16.5. The van der Waals surface area contributed by atoms with Gasteiger partial charge < -0.3 is 10.1 Å². The van der Waals surface area contributed by atoms with Crippen molar-refractivity contribution in [2.45, 2.75) is 53.6 Å². The molecule has 0 radical (unpaired) electrons. The third-order valence-electron chi connectivity index (χ3n) is 5.97. The van der Waals surface area contributed by atoms with Crippen LogP contribution in [0.4, 0.5) is 5.69 Å². The normalized spacial score (nSPS) is 25.7. The van der Waals surface area contributed by atoms with E-state index in [0.717, 1.165) is 12.1 Å². The number of hydrogen-bond acceptors (Lipinski definition) is 3. The monoisotopic (exact) mass is 303 g/mol. The smallest absolute Gasteiger partial charge is 0.307 e. The third-order valence-corrected chi connectivity index (χ3v) is 5.97. The van der Waals surface area contributed by atoms with Gasteiger partial charge in [0, 0.05) is 17.6 Å². The summed E-state index contributed by atoms with van der Waals surface area (Å²) >= 11 is 0. The molecular formula is C19H29NO2. The maximum atomic E-state index is 12.1. The first-order valence-corrected chi connectivity index (χ1v) is 8.23. The third kappa shape index (κ3) is 3.29. The van der Waals surface area contributed by atoms with Crippen LogP contribution in [0.3, 0.4) is 0 Å². The fourth-order valence-electron chi connectivity index (χ4n) is 3.24. The molecule has 122 valence electrons. The molecule has 22 heavy (non-hydrogen) atoms. The summed E-state index contributed by atoms with van der Waals surface area (Å²) in [6, 6.07) is 9.92. The quantitative estimate of drug-likeness (QED) is 0.814. The number of benzene rings is 1.